The zero-order valence-corrected chi connectivity index (χ0v) is 13.6. The van der Waals surface area contributed by atoms with Gasteiger partial charge < -0.3 is 5.32 Å². The summed E-state index contributed by atoms with van der Waals surface area (Å²) in [5, 5.41) is 3.07. The number of nitrogens with one attached hydrogen (secondary N) is 1. The fourth-order valence-corrected chi connectivity index (χ4v) is 3.23. The first-order valence-electron chi connectivity index (χ1n) is 8.39. The van der Waals surface area contributed by atoms with Crippen molar-refractivity contribution in [3.63, 3.8) is 0 Å². The Morgan fingerprint density at radius 3 is 2.91 bits per heavy atom. The molecule has 1 aromatic carbocycles. The Hall–Kier alpha value is -1.42. The summed E-state index contributed by atoms with van der Waals surface area (Å²) in [6.07, 6.45) is 4.81. The van der Waals surface area contributed by atoms with Gasteiger partial charge in [-0.3, -0.25) is 9.69 Å². The van der Waals surface area contributed by atoms with Crippen LogP contribution in [0.1, 0.15) is 45.1 Å². The summed E-state index contributed by atoms with van der Waals surface area (Å²) in [4.78, 5) is 14.8. The van der Waals surface area contributed by atoms with Crippen molar-refractivity contribution in [2.45, 2.75) is 58.0 Å². The van der Waals surface area contributed by atoms with Crippen LogP contribution in [0.2, 0.25) is 0 Å². The lowest BCUT2D eigenvalue weighted by Gasteiger charge is -2.35. The summed E-state index contributed by atoms with van der Waals surface area (Å²) in [6, 6.07) is 6.69. The first kappa shape index (κ1) is 16.9. The monoisotopic (exact) mass is 306 g/mol. The zero-order chi connectivity index (χ0) is 15.9. The van der Waals surface area contributed by atoms with Crippen LogP contribution in [0.15, 0.2) is 24.3 Å². The van der Waals surface area contributed by atoms with E-state index in [2.05, 4.69) is 17.1 Å². The number of likely N-dealkylation sites (tertiary alicyclic amines) is 1. The van der Waals surface area contributed by atoms with Crippen molar-refractivity contribution >= 4 is 5.91 Å². The summed E-state index contributed by atoms with van der Waals surface area (Å²) in [7, 11) is 0. The van der Waals surface area contributed by atoms with Crippen LogP contribution in [-0.2, 0) is 11.2 Å². The molecule has 0 spiro atoms. The normalized spacial score (nSPS) is 20.6. The Labute approximate surface area is 132 Å². The molecule has 22 heavy (non-hydrogen) atoms. The van der Waals surface area contributed by atoms with E-state index >= 15 is 0 Å². The van der Waals surface area contributed by atoms with Crippen LogP contribution in [0.5, 0.6) is 0 Å². The van der Waals surface area contributed by atoms with Crippen molar-refractivity contribution in [2.75, 3.05) is 13.1 Å². The van der Waals surface area contributed by atoms with Crippen LogP contribution in [0.3, 0.4) is 0 Å². The minimum atomic E-state index is -0.200. The molecular weight excluding hydrogens is 279 g/mol. The quantitative estimate of drug-likeness (QED) is 0.875. The fourth-order valence-electron chi connectivity index (χ4n) is 3.23. The third-order valence-electron chi connectivity index (χ3n) is 4.30. The van der Waals surface area contributed by atoms with Gasteiger partial charge in [0.1, 0.15) is 5.82 Å². The first-order valence-corrected chi connectivity index (χ1v) is 8.39. The number of hydrogen-bond donors (Lipinski definition) is 1. The predicted octanol–water partition coefficient (Wildman–Crippen LogP) is 3.14. The van der Waals surface area contributed by atoms with Gasteiger partial charge >= 0.3 is 0 Å². The minimum Gasteiger partial charge on any atom is -0.352 e. The van der Waals surface area contributed by atoms with Crippen molar-refractivity contribution in [1.82, 2.24) is 10.2 Å². The lowest BCUT2D eigenvalue weighted by Crippen LogP contribution is -2.51. The summed E-state index contributed by atoms with van der Waals surface area (Å²) < 4.78 is 13.7. The second-order valence-electron chi connectivity index (χ2n) is 6.25. The molecule has 1 saturated heterocycles. The average molecular weight is 306 g/mol. The molecule has 4 heteroatoms. The van der Waals surface area contributed by atoms with E-state index in [1.807, 2.05) is 13.0 Å². The Kier molecular flexibility index (Phi) is 6.37. The maximum atomic E-state index is 13.7. The van der Waals surface area contributed by atoms with Crippen LogP contribution >= 0.6 is 0 Å². The zero-order valence-electron chi connectivity index (χ0n) is 13.6. The number of carbonyl (C=O) groups is 1. The molecule has 0 radical (unpaired) electrons. The number of benzene rings is 1. The molecule has 1 fully saturated rings. The summed E-state index contributed by atoms with van der Waals surface area (Å²) in [5.41, 5.74) is 0.657. The minimum absolute atomic E-state index is 0.0169. The van der Waals surface area contributed by atoms with Gasteiger partial charge in [0.05, 0.1) is 6.04 Å². The van der Waals surface area contributed by atoms with Gasteiger partial charge in [0, 0.05) is 6.04 Å². The average Bonchev–Trinajstić information content (AvgIpc) is 2.50. The molecule has 1 N–H and O–H groups in total. The molecule has 1 aromatic rings. The summed E-state index contributed by atoms with van der Waals surface area (Å²) in [5.74, 6) is -0.106. The van der Waals surface area contributed by atoms with E-state index in [-0.39, 0.29) is 23.8 Å². The van der Waals surface area contributed by atoms with Crippen LogP contribution in [0.25, 0.3) is 0 Å². The second-order valence-corrected chi connectivity index (χ2v) is 6.25. The molecule has 3 nitrogen and oxygen atoms in total. The van der Waals surface area contributed by atoms with E-state index in [4.69, 9.17) is 0 Å². The first-order chi connectivity index (χ1) is 10.6. The van der Waals surface area contributed by atoms with Crippen molar-refractivity contribution in [3.05, 3.63) is 35.6 Å². The standard InChI is InChI=1S/C18H27FN2O/c1-3-11-21-12-7-6-10-17(21)18(22)20-14(2)13-15-8-4-5-9-16(15)19/h4-5,8-9,14,17H,3,6-7,10-13H2,1-2H3,(H,20,22). The largest absolute Gasteiger partial charge is 0.352 e. The van der Waals surface area contributed by atoms with Crippen molar-refractivity contribution < 1.29 is 9.18 Å². The Bertz CT molecular complexity index is 490. The molecule has 1 heterocycles. The highest BCUT2D eigenvalue weighted by atomic mass is 19.1. The van der Waals surface area contributed by atoms with Gasteiger partial charge in [-0.15, -0.1) is 0 Å². The van der Waals surface area contributed by atoms with Gasteiger partial charge in [0.25, 0.3) is 0 Å². The van der Waals surface area contributed by atoms with E-state index in [9.17, 15) is 9.18 Å². The maximum absolute atomic E-state index is 13.7. The lowest BCUT2D eigenvalue weighted by atomic mass is 10.00. The van der Waals surface area contributed by atoms with E-state index in [0.717, 1.165) is 32.4 Å². The fraction of sp³-hybridized carbons (Fsp3) is 0.611. The highest BCUT2D eigenvalue weighted by Crippen LogP contribution is 2.18. The molecule has 1 aliphatic heterocycles. The molecule has 0 aromatic heterocycles. The smallest absolute Gasteiger partial charge is 0.237 e. The molecule has 2 rings (SSSR count). The number of hydrogen-bond acceptors (Lipinski definition) is 2. The van der Waals surface area contributed by atoms with Crippen molar-refractivity contribution in [3.8, 4) is 0 Å². The Balaban J connectivity index is 1.91. The number of piperidine rings is 1. The molecular formula is C18H27FN2O. The van der Waals surface area contributed by atoms with Gasteiger partial charge in [0.15, 0.2) is 0 Å². The summed E-state index contributed by atoms with van der Waals surface area (Å²) >= 11 is 0. The molecule has 1 aliphatic rings. The maximum Gasteiger partial charge on any atom is 0.237 e. The molecule has 0 saturated carbocycles. The molecule has 1 amide bonds. The summed E-state index contributed by atoms with van der Waals surface area (Å²) in [6.45, 7) is 6.06. The third-order valence-corrected chi connectivity index (χ3v) is 4.30. The highest BCUT2D eigenvalue weighted by molar-refractivity contribution is 5.82. The van der Waals surface area contributed by atoms with Gasteiger partial charge in [0.2, 0.25) is 5.91 Å². The van der Waals surface area contributed by atoms with Gasteiger partial charge in [-0.25, -0.2) is 4.39 Å². The van der Waals surface area contributed by atoms with Crippen LogP contribution in [0.4, 0.5) is 4.39 Å². The second kappa shape index (κ2) is 8.28. The van der Waals surface area contributed by atoms with Crippen molar-refractivity contribution in [2.24, 2.45) is 0 Å². The lowest BCUT2D eigenvalue weighted by molar-refractivity contribution is -0.128. The van der Waals surface area contributed by atoms with Gasteiger partial charge in [-0.05, 0) is 57.3 Å². The number of halogens is 1. The van der Waals surface area contributed by atoms with E-state index in [0.29, 0.717) is 12.0 Å². The molecule has 2 atom stereocenters. The Morgan fingerprint density at radius 2 is 2.18 bits per heavy atom. The SMILES string of the molecule is CCCN1CCCCC1C(=O)NC(C)Cc1ccccc1F. The molecule has 122 valence electrons. The third kappa shape index (κ3) is 4.54. The number of rotatable bonds is 6. The Morgan fingerprint density at radius 1 is 1.41 bits per heavy atom. The van der Waals surface area contributed by atoms with Crippen LogP contribution in [0, 0.1) is 5.82 Å². The van der Waals surface area contributed by atoms with Crippen molar-refractivity contribution in [1.29, 1.82) is 0 Å². The van der Waals surface area contributed by atoms with Gasteiger partial charge in [-0.2, -0.15) is 0 Å². The highest BCUT2D eigenvalue weighted by Gasteiger charge is 2.28. The number of amides is 1. The van der Waals surface area contributed by atoms with Crippen LogP contribution < -0.4 is 5.32 Å². The van der Waals surface area contributed by atoms with E-state index in [1.54, 1.807) is 12.1 Å². The molecule has 0 bridgehead atoms. The topological polar surface area (TPSA) is 32.3 Å². The number of nitrogens with zero attached hydrogens (tertiary/aromatic N) is 1. The van der Waals surface area contributed by atoms with E-state index < -0.39 is 0 Å². The number of carbonyl (C=O) groups excluding carboxylic acids is 1. The molecule has 2 unspecified atom stereocenters. The van der Waals surface area contributed by atoms with Gasteiger partial charge in [-0.1, -0.05) is 31.5 Å². The van der Waals surface area contributed by atoms with E-state index in [1.165, 1.54) is 12.5 Å². The molecule has 0 aliphatic carbocycles. The predicted molar refractivity (Wildman–Crippen MR) is 87.2 cm³/mol. The van der Waals surface area contributed by atoms with Crippen LogP contribution in [-0.4, -0.2) is 36.0 Å².